The molecule has 5 heteroatoms. The van der Waals surface area contributed by atoms with Crippen LogP contribution in [-0.4, -0.2) is 23.4 Å². The molecular formula is C22H25F2NO2. The van der Waals surface area contributed by atoms with E-state index in [2.05, 4.69) is 5.32 Å². The SMILES string of the molecule is COc1ccc(F)cc1-c1cc2c(cc1F)NC(C)(C)C1(O)CCCC21C. The second kappa shape index (κ2) is 5.68. The monoisotopic (exact) mass is 373 g/mol. The maximum absolute atomic E-state index is 15.0. The molecule has 2 aromatic carbocycles. The number of methoxy groups -OCH3 is 1. The van der Waals surface area contributed by atoms with Crippen LogP contribution in [0.1, 0.15) is 45.6 Å². The van der Waals surface area contributed by atoms with Gasteiger partial charge in [-0.15, -0.1) is 0 Å². The molecule has 1 aliphatic carbocycles. The largest absolute Gasteiger partial charge is 0.496 e. The Balaban J connectivity index is 1.97. The third kappa shape index (κ3) is 2.34. The van der Waals surface area contributed by atoms with Crippen LogP contribution in [0.15, 0.2) is 30.3 Å². The van der Waals surface area contributed by atoms with Gasteiger partial charge in [-0.2, -0.15) is 0 Å². The van der Waals surface area contributed by atoms with Gasteiger partial charge in [0.25, 0.3) is 0 Å². The molecular weight excluding hydrogens is 348 g/mol. The van der Waals surface area contributed by atoms with Crippen molar-refractivity contribution in [1.82, 2.24) is 0 Å². The summed E-state index contributed by atoms with van der Waals surface area (Å²) in [4.78, 5) is 0. The molecule has 2 aliphatic rings. The van der Waals surface area contributed by atoms with Gasteiger partial charge < -0.3 is 15.2 Å². The Morgan fingerprint density at radius 1 is 1.04 bits per heavy atom. The van der Waals surface area contributed by atoms with E-state index in [-0.39, 0.29) is 5.56 Å². The number of hydrogen-bond donors (Lipinski definition) is 2. The molecule has 1 aliphatic heterocycles. The Kier molecular flexibility index (Phi) is 3.83. The third-order valence-corrected chi connectivity index (χ3v) is 6.76. The van der Waals surface area contributed by atoms with Crippen molar-refractivity contribution < 1.29 is 18.6 Å². The Bertz CT molecular complexity index is 927. The van der Waals surface area contributed by atoms with Gasteiger partial charge in [-0.05, 0) is 69.0 Å². The fourth-order valence-electron chi connectivity index (χ4n) is 5.21. The summed E-state index contributed by atoms with van der Waals surface area (Å²) in [6.07, 6.45) is 2.39. The second-order valence-electron chi connectivity index (χ2n) is 8.52. The number of anilines is 1. The van der Waals surface area contributed by atoms with E-state index in [4.69, 9.17) is 4.74 Å². The Labute approximate surface area is 158 Å². The van der Waals surface area contributed by atoms with Crippen molar-refractivity contribution in [3.63, 3.8) is 0 Å². The van der Waals surface area contributed by atoms with Gasteiger partial charge in [0.05, 0.1) is 18.2 Å². The Morgan fingerprint density at radius 2 is 1.78 bits per heavy atom. The molecule has 2 atom stereocenters. The summed E-state index contributed by atoms with van der Waals surface area (Å²) in [5.41, 5.74) is 0.148. The summed E-state index contributed by atoms with van der Waals surface area (Å²) in [6.45, 7) is 5.97. The third-order valence-electron chi connectivity index (χ3n) is 6.76. The molecule has 0 aromatic heterocycles. The minimum absolute atomic E-state index is 0.280. The molecule has 27 heavy (non-hydrogen) atoms. The molecule has 2 unspecified atom stereocenters. The average molecular weight is 373 g/mol. The highest BCUT2D eigenvalue weighted by atomic mass is 19.1. The van der Waals surface area contributed by atoms with Gasteiger partial charge in [-0.25, -0.2) is 8.78 Å². The number of fused-ring (bicyclic) bond motifs is 3. The van der Waals surface area contributed by atoms with Crippen molar-refractivity contribution >= 4 is 5.69 Å². The maximum atomic E-state index is 15.0. The zero-order valence-electron chi connectivity index (χ0n) is 16.1. The molecule has 2 aromatic rings. The quantitative estimate of drug-likeness (QED) is 0.777. The lowest BCUT2D eigenvalue weighted by Crippen LogP contribution is -2.65. The number of hydrogen-bond acceptors (Lipinski definition) is 3. The van der Waals surface area contributed by atoms with E-state index in [1.165, 1.54) is 31.4 Å². The van der Waals surface area contributed by atoms with Gasteiger partial charge in [0.15, 0.2) is 0 Å². The fraction of sp³-hybridized carbons (Fsp3) is 0.455. The molecule has 1 saturated carbocycles. The molecule has 0 radical (unpaired) electrons. The van der Waals surface area contributed by atoms with E-state index in [0.29, 0.717) is 23.4 Å². The number of ether oxygens (including phenoxy) is 1. The first kappa shape index (κ1) is 18.2. The molecule has 0 bridgehead atoms. The standard InChI is InChI=1S/C22H25F2NO2/c1-20(2)22(26)9-5-8-21(22,3)16-11-14(17(24)12-18(16)25-20)15-10-13(23)6-7-19(15)27-4/h6-7,10-12,25-26H,5,8-9H2,1-4H3. The van der Waals surface area contributed by atoms with Crippen molar-refractivity contribution in [2.75, 3.05) is 12.4 Å². The smallest absolute Gasteiger partial charge is 0.133 e. The maximum Gasteiger partial charge on any atom is 0.133 e. The first-order valence-corrected chi connectivity index (χ1v) is 9.31. The topological polar surface area (TPSA) is 41.5 Å². The highest BCUT2D eigenvalue weighted by molar-refractivity contribution is 5.76. The Morgan fingerprint density at radius 3 is 2.48 bits per heavy atom. The van der Waals surface area contributed by atoms with E-state index in [1.54, 1.807) is 6.07 Å². The normalized spacial score (nSPS) is 28.3. The molecule has 144 valence electrons. The molecule has 4 rings (SSSR count). The summed E-state index contributed by atoms with van der Waals surface area (Å²) >= 11 is 0. The lowest BCUT2D eigenvalue weighted by molar-refractivity contribution is -0.0628. The van der Waals surface area contributed by atoms with E-state index in [9.17, 15) is 9.50 Å². The summed E-state index contributed by atoms with van der Waals surface area (Å²) in [6, 6.07) is 7.28. The van der Waals surface area contributed by atoms with Crippen LogP contribution in [0.4, 0.5) is 14.5 Å². The van der Waals surface area contributed by atoms with Crippen molar-refractivity contribution in [1.29, 1.82) is 0 Å². The van der Waals surface area contributed by atoms with E-state index in [0.717, 1.165) is 18.4 Å². The predicted octanol–water partition coefficient (Wildman–Crippen LogP) is 5.02. The fourth-order valence-corrected chi connectivity index (χ4v) is 5.21. The van der Waals surface area contributed by atoms with Crippen molar-refractivity contribution in [2.45, 2.75) is 56.6 Å². The molecule has 0 spiro atoms. The molecule has 1 fully saturated rings. The van der Waals surface area contributed by atoms with E-state index < -0.39 is 28.2 Å². The molecule has 0 saturated heterocycles. The van der Waals surface area contributed by atoms with E-state index >= 15 is 4.39 Å². The van der Waals surface area contributed by atoms with Crippen LogP contribution in [-0.2, 0) is 5.41 Å². The van der Waals surface area contributed by atoms with Crippen LogP contribution in [0.2, 0.25) is 0 Å². The van der Waals surface area contributed by atoms with Gasteiger partial charge in [-0.1, -0.05) is 6.92 Å². The summed E-state index contributed by atoms with van der Waals surface area (Å²) < 4.78 is 34.2. The highest BCUT2D eigenvalue weighted by Crippen LogP contribution is 2.59. The number of rotatable bonds is 2. The summed E-state index contributed by atoms with van der Waals surface area (Å²) in [7, 11) is 1.48. The van der Waals surface area contributed by atoms with Gasteiger partial charge in [0.2, 0.25) is 0 Å². The molecule has 0 amide bonds. The molecule has 2 N–H and O–H groups in total. The minimum atomic E-state index is -0.950. The van der Waals surface area contributed by atoms with Gasteiger partial charge in [0, 0.05) is 22.2 Å². The molecule has 1 heterocycles. The van der Waals surface area contributed by atoms with Gasteiger partial charge >= 0.3 is 0 Å². The average Bonchev–Trinajstić information content (AvgIpc) is 2.92. The number of benzene rings is 2. The van der Waals surface area contributed by atoms with Crippen LogP contribution in [0.25, 0.3) is 11.1 Å². The van der Waals surface area contributed by atoms with E-state index in [1.807, 2.05) is 20.8 Å². The van der Waals surface area contributed by atoms with Gasteiger partial charge in [-0.3, -0.25) is 0 Å². The summed E-state index contributed by atoms with van der Waals surface area (Å²) in [5, 5.41) is 14.9. The Hall–Kier alpha value is -2.14. The van der Waals surface area contributed by atoms with Crippen LogP contribution in [0, 0.1) is 11.6 Å². The minimum Gasteiger partial charge on any atom is -0.496 e. The molecule has 3 nitrogen and oxygen atoms in total. The van der Waals surface area contributed by atoms with Crippen molar-refractivity contribution in [3.8, 4) is 16.9 Å². The lowest BCUT2D eigenvalue weighted by Gasteiger charge is -2.55. The highest BCUT2D eigenvalue weighted by Gasteiger charge is 2.62. The van der Waals surface area contributed by atoms with Crippen molar-refractivity contribution in [2.24, 2.45) is 0 Å². The predicted molar refractivity (Wildman–Crippen MR) is 102 cm³/mol. The number of halogens is 2. The van der Waals surface area contributed by atoms with Crippen molar-refractivity contribution in [3.05, 3.63) is 47.5 Å². The van der Waals surface area contributed by atoms with Crippen LogP contribution in [0.5, 0.6) is 5.75 Å². The van der Waals surface area contributed by atoms with Gasteiger partial charge in [0.1, 0.15) is 17.4 Å². The first-order valence-electron chi connectivity index (χ1n) is 9.31. The zero-order valence-corrected chi connectivity index (χ0v) is 16.1. The first-order chi connectivity index (χ1) is 12.6. The summed E-state index contributed by atoms with van der Waals surface area (Å²) in [5.74, 6) is -0.495. The van der Waals surface area contributed by atoms with Crippen LogP contribution < -0.4 is 10.1 Å². The zero-order chi connectivity index (χ0) is 19.6. The lowest BCUT2D eigenvalue weighted by atomic mass is 9.60. The van der Waals surface area contributed by atoms with Crippen LogP contribution in [0.3, 0.4) is 0 Å². The number of nitrogens with one attached hydrogen (secondary N) is 1. The second-order valence-corrected chi connectivity index (χ2v) is 8.52. The van der Waals surface area contributed by atoms with Crippen LogP contribution >= 0.6 is 0 Å². The number of aliphatic hydroxyl groups is 1.